The predicted molar refractivity (Wildman–Crippen MR) is 118 cm³/mol. The molecular weight excluding hydrogens is 422 g/mol. The summed E-state index contributed by atoms with van der Waals surface area (Å²) in [5, 5.41) is 11.2. The molecule has 3 N–H and O–H groups in total. The van der Waals surface area contributed by atoms with E-state index in [-0.39, 0.29) is 5.91 Å². The molecule has 6 nitrogen and oxygen atoms in total. The fourth-order valence-electron chi connectivity index (χ4n) is 4.10. The van der Waals surface area contributed by atoms with E-state index in [0.717, 1.165) is 11.1 Å². The minimum absolute atomic E-state index is 0.139. The molecular formula is C22H24ClN3O3S. The molecule has 4 atom stereocenters. The summed E-state index contributed by atoms with van der Waals surface area (Å²) in [6.07, 6.45) is -0.984. The number of carbonyl (C=O) groups is 2. The number of halogens is 1. The van der Waals surface area contributed by atoms with E-state index in [1.165, 1.54) is 16.7 Å². The van der Waals surface area contributed by atoms with E-state index in [9.17, 15) is 14.7 Å². The van der Waals surface area contributed by atoms with E-state index in [4.69, 9.17) is 17.3 Å². The average Bonchev–Trinajstić information content (AvgIpc) is 3.06. The Balaban J connectivity index is 1.44. The third kappa shape index (κ3) is 3.60. The number of benzene rings is 2. The molecule has 8 heteroatoms. The fourth-order valence-corrected chi connectivity index (χ4v) is 5.67. The number of hydrogen-bond donors (Lipinski definition) is 2. The molecule has 1 unspecified atom stereocenters. The molecule has 2 saturated heterocycles. The van der Waals surface area contributed by atoms with Gasteiger partial charge < -0.3 is 20.6 Å². The number of rotatable bonds is 6. The first kappa shape index (κ1) is 21.2. The highest BCUT2D eigenvalue weighted by molar-refractivity contribution is 8.01. The van der Waals surface area contributed by atoms with Crippen LogP contribution in [0.25, 0.3) is 0 Å². The zero-order valence-corrected chi connectivity index (χ0v) is 18.1. The molecule has 2 fully saturated rings. The van der Waals surface area contributed by atoms with Crippen molar-refractivity contribution in [3.8, 4) is 0 Å². The molecule has 2 aromatic carbocycles. The number of likely N-dealkylation sites (tertiary alicyclic amines) is 1. The SMILES string of the molecule is CC12SCN(C(=O)[C@@H](O)[C@@H](N)Cc3ccccc3)[C@@H]1C(=O)N2Cc1ccccc1Cl. The second kappa shape index (κ2) is 8.23. The van der Waals surface area contributed by atoms with Gasteiger partial charge in [0.25, 0.3) is 5.91 Å². The zero-order valence-electron chi connectivity index (χ0n) is 16.6. The number of carbonyl (C=O) groups excluding carboxylic acids is 2. The first-order chi connectivity index (χ1) is 14.3. The van der Waals surface area contributed by atoms with E-state index >= 15 is 0 Å². The van der Waals surface area contributed by atoms with Crippen molar-refractivity contribution in [1.29, 1.82) is 0 Å². The molecule has 0 aromatic heterocycles. The number of β-lactam (4-membered cyclic amide) rings is 1. The minimum atomic E-state index is -1.36. The number of thioether (sulfide) groups is 1. The van der Waals surface area contributed by atoms with Crippen molar-refractivity contribution in [1.82, 2.24) is 9.80 Å². The van der Waals surface area contributed by atoms with Crippen LogP contribution in [-0.2, 0) is 22.6 Å². The van der Waals surface area contributed by atoms with E-state index in [2.05, 4.69) is 0 Å². The monoisotopic (exact) mass is 445 g/mol. The standard InChI is InChI=1S/C22H24ClN3O3S/c1-22-19(21(29)26(22)12-15-9-5-6-10-16(15)23)25(13-30-22)20(28)18(27)17(24)11-14-7-3-2-4-8-14/h2-10,17-19,27H,11-13,24H2,1H3/t17-,18-,19+,22?/m0/s1. The highest BCUT2D eigenvalue weighted by Crippen LogP contribution is 2.51. The predicted octanol–water partition coefficient (Wildman–Crippen LogP) is 2.23. The van der Waals surface area contributed by atoms with Gasteiger partial charge in [0.15, 0.2) is 0 Å². The Hall–Kier alpha value is -2.06. The Morgan fingerprint density at radius 3 is 2.63 bits per heavy atom. The zero-order chi connectivity index (χ0) is 21.5. The fraction of sp³-hybridized carbons (Fsp3) is 0.364. The molecule has 0 bridgehead atoms. The lowest BCUT2D eigenvalue weighted by atomic mass is 9.92. The number of aliphatic hydroxyl groups is 1. The lowest BCUT2D eigenvalue weighted by Gasteiger charge is -2.52. The summed E-state index contributed by atoms with van der Waals surface area (Å²) in [6, 6.07) is 15.6. The molecule has 2 amide bonds. The molecule has 30 heavy (non-hydrogen) atoms. The summed E-state index contributed by atoms with van der Waals surface area (Å²) >= 11 is 7.77. The summed E-state index contributed by atoms with van der Waals surface area (Å²) in [4.78, 5) is 28.6. The Bertz CT molecular complexity index is 960. The third-order valence-electron chi connectivity index (χ3n) is 5.89. The van der Waals surface area contributed by atoms with Crippen molar-refractivity contribution in [2.45, 2.75) is 42.9 Å². The maximum absolute atomic E-state index is 13.0. The van der Waals surface area contributed by atoms with Crippen molar-refractivity contribution in [3.05, 3.63) is 70.7 Å². The summed E-state index contributed by atoms with van der Waals surface area (Å²) in [7, 11) is 0. The molecule has 0 spiro atoms. The second-order valence-corrected chi connectivity index (χ2v) is 9.63. The number of aliphatic hydroxyl groups excluding tert-OH is 1. The molecule has 0 radical (unpaired) electrons. The number of hydrogen-bond acceptors (Lipinski definition) is 5. The van der Waals surface area contributed by atoms with E-state index < -0.39 is 29.0 Å². The van der Waals surface area contributed by atoms with Gasteiger partial charge in [0.2, 0.25) is 5.91 Å². The Kier molecular flexibility index (Phi) is 5.81. The van der Waals surface area contributed by atoms with Crippen molar-refractivity contribution in [3.63, 3.8) is 0 Å². The van der Waals surface area contributed by atoms with Gasteiger partial charge >= 0.3 is 0 Å². The second-order valence-electron chi connectivity index (χ2n) is 7.85. The summed E-state index contributed by atoms with van der Waals surface area (Å²) in [6.45, 7) is 2.33. The largest absolute Gasteiger partial charge is 0.382 e. The molecule has 0 saturated carbocycles. The van der Waals surface area contributed by atoms with Crippen LogP contribution in [0.15, 0.2) is 54.6 Å². The van der Waals surface area contributed by atoms with E-state index in [1.807, 2.05) is 55.5 Å². The van der Waals surface area contributed by atoms with Gasteiger partial charge in [0.1, 0.15) is 17.0 Å². The van der Waals surface area contributed by atoms with Crippen LogP contribution in [0.4, 0.5) is 0 Å². The molecule has 0 aliphatic carbocycles. The van der Waals surface area contributed by atoms with Gasteiger partial charge in [0.05, 0.1) is 5.88 Å². The number of nitrogens with two attached hydrogens (primary N) is 1. The lowest BCUT2D eigenvalue weighted by Crippen LogP contribution is -2.73. The van der Waals surface area contributed by atoms with Crippen molar-refractivity contribution in [2.24, 2.45) is 5.73 Å². The first-order valence-corrected chi connectivity index (χ1v) is 11.2. The smallest absolute Gasteiger partial charge is 0.254 e. The maximum atomic E-state index is 13.0. The highest BCUT2D eigenvalue weighted by atomic mass is 35.5. The number of amides is 2. The minimum Gasteiger partial charge on any atom is -0.382 e. The topological polar surface area (TPSA) is 86.9 Å². The Morgan fingerprint density at radius 2 is 1.93 bits per heavy atom. The van der Waals surface area contributed by atoms with Crippen LogP contribution in [0, 0.1) is 0 Å². The van der Waals surface area contributed by atoms with Crippen LogP contribution in [0.2, 0.25) is 5.02 Å². The van der Waals surface area contributed by atoms with Crippen molar-refractivity contribution >= 4 is 35.2 Å². The van der Waals surface area contributed by atoms with Gasteiger partial charge in [-0.05, 0) is 30.5 Å². The number of fused-ring (bicyclic) bond motifs is 1. The molecule has 158 valence electrons. The Labute approximate surface area is 185 Å². The normalized spacial score (nSPS) is 24.9. The van der Waals surface area contributed by atoms with Crippen LogP contribution in [-0.4, -0.2) is 55.7 Å². The third-order valence-corrected chi connectivity index (χ3v) is 7.70. The van der Waals surface area contributed by atoms with Gasteiger partial charge in [-0.1, -0.05) is 60.1 Å². The Morgan fingerprint density at radius 1 is 1.27 bits per heavy atom. The molecule has 2 aromatic rings. The van der Waals surface area contributed by atoms with Crippen molar-refractivity contribution in [2.75, 3.05) is 5.88 Å². The molecule has 4 rings (SSSR count). The van der Waals surface area contributed by atoms with Crippen LogP contribution in [0.5, 0.6) is 0 Å². The van der Waals surface area contributed by atoms with Crippen LogP contribution in [0.3, 0.4) is 0 Å². The summed E-state index contributed by atoms with van der Waals surface area (Å²) in [5.41, 5.74) is 7.93. The summed E-state index contributed by atoms with van der Waals surface area (Å²) in [5.74, 6) is -0.301. The van der Waals surface area contributed by atoms with Gasteiger partial charge in [-0.2, -0.15) is 0 Å². The quantitative estimate of drug-likeness (QED) is 0.666. The van der Waals surface area contributed by atoms with Crippen molar-refractivity contribution < 1.29 is 14.7 Å². The van der Waals surface area contributed by atoms with Gasteiger partial charge in [-0.25, -0.2) is 0 Å². The molecule has 2 aliphatic heterocycles. The van der Waals surface area contributed by atoms with Gasteiger partial charge in [-0.3, -0.25) is 9.59 Å². The highest BCUT2D eigenvalue weighted by Gasteiger charge is 2.65. The van der Waals surface area contributed by atoms with Gasteiger partial charge in [0, 0.05) is 17.6 Å². The lowest BCUT2D eigenvalue weighted by molar-refractivity contribution is -0.168. The summed E-state index contributed by atoms with van der Waals surface area (Å²) < 4.78 is 0. The average molecular weight is 446 g/mol. The van der Waals surface area contributed by atoms with Crippen LogP contribution >= 0.6 is 23.4 Å². The van der Waals surface area contributed by atoms with Crippen LogP contribution < -0.4 is 5.73 Å². The first-order valence-electron chi connectivity index (χ1n) is 9.80. The molecule has 2 heterocycles. The maximum Gasteiger partial charge on any atom is 0.254 e. The number of nitrogens with zero attached hydrogens (tertiary/aromatic N) is 2. The van der Waals surface area contributed by atoms with Crippen LogP contribution in [0.1, 0.15) is 18.1 Å². The van der Waals surface area contributed by atoms with E-state index in [1.54, 1.807) is 11.0 Å². The van der Waals surface area contributed by atoms with E-state index in [0.29, 0.717) is 23.9 Å². The molecule has 2 aliphatic rings. The van der Waals surface area contributed by atoms with Gasteiger partial charge in [-0.15, -0.1) is 11.8 Å².